The fraction of sp³-hybridized carbons (Fsp3) is 0.400. The van der Waals surface area contributed by atoms with E-state index in [4.69, 9.17) is 15.4 Å². The van der Waals surface area contributed by atoms with Crippen molar-refractivity contribution in [2.75, 3.05) is 20.8 Å². The molecule has 0 spiro atoms. The monoisotopic (exact) mass is 197 g/mol. The fourth-order valence-corrected chi connectivity index (χ4v) is 1.32. The van der Waals surface area contributed by atoms with E-state index >= 15 is 0 Å². The highest BCUT2D eigenvalue weighted by Gasteiger charge is 2.08. The highest BCUT2D eigenvalue weighted by atomic mass is 16.6. The normalized spacial score (nSPS) is 9.93. The Morgan fingerprint density at radius 2 is 2.00 bits per heavy atom. The van der Waals surface area contributed by atoms with Crippen LogP contribution in [0.5, 0.6) is 11.5 Å². The Kier molecular flexibility index (Phi) is 4.22. The maximum Gasteiger partial charge on any atom is 0.163 e. The van der Waals surface area contributed by atoms with Crippen LogP contribution in [0.1, 0.15) is 5.56 Å². The molecule has 0 bridgehead atoms. The fourth-order valence-electron chi connectivity index (χ4n) is 1.32. The van der Waals surface area contributed by atoms with Gasteiger partial charge < -0.3 is 14.3 Å². The summed E-state index contributed by atoms with van der Waals surface area (Å²) in [4.78, 5) is 4.52. The second-order valence-electron chi connectivity index (χ2n) is 2.77. The highest BCUT2D eigenvalue weighted by molar-refractivity contribution is 5.46. The molecule has 4 heteroatoms. The molecule has 14 heavy (non-hydrogen) atoms. The Balaban J connectivity index is 2.90. The summed E-state index contributed by atoms with van der Waals surface area (Å²) >= 11 is 0. The van der Waals surface area contributed by atoms with Gasteiger partial charge in [0.05, 0.1) is 20.8 Å². The molecule has 0 aliphatic heterocycles. The number of rotatable bonds is 5. The van der Waals surface area contributed by atoms with E-state index in [0.29, 0.717) is 13.0 Å². The number of nitrogens with two attached hydrogens (primary N) is 1. The Morgan fingerprint density at radius 3 is 2.57 bits per heavy atom. The van der Waals surface area contributed by atoms with Crippen molar-refractivity contribution in [3.05, 3.63) is 23.8 Å². The van der Waals surface area contributed by atoms with Gasteiger partial charge in [0, 0.05) is 12.0 Å². The maximum absolute atomic E-state index is 5.24. The highest BCUT2D eigenvalue weighted by Crippen LogP contribution is 2.30. The van der Waals surface area contributed by atoms with Gasteiger partial charge in [-0.25, -0.2) is 5.90 Å². The van der Waals surface area contributed by atoms with E-state index in [-0.39, 0.29) is 0 Å². The first-order valence-electron chi connectivity index (χ1n) is 4.35. The summed E-state index contributed by atoms with van der Waals surface area (Å²) in [6, 6.07) is 5.72. The summed E-state index contributed by atoms with van der Waals surface area (Å²) in [6.45, 7) is 0.462. The third kappa shape index (κ3) is 2.37. The Hall–Kier alpha value is -1.26. The molecule has 0 aliphatic rings. The van der Waals surface area contributed by atoms with Gasteiger partial charge in [-0.15, -0.1) is 0 Å². The van der Waals surface area contributed by atoms with Crippen LogP contribution < -0.4 is 15.4 Å². The molecule has 0 radical (unpaired) electrons. The van der Waals surface area contributed by atoms with Gasteiger partial charge in [-0.3, -0.25) is 0 Å². The van der Waals surface area contributed by atoms with Crippen LogP contribution >= 0.6 is 0 Å². The molecule has 1 rings (SSSR count). The maximum atomic E-state index is 5.24. The van der Waals surface area contributed by atoms with E-state index in [1.165, 1.54) is 0 Å². The SMILES string of the molecule is COc1cccc(CCON)c1OC. The lowest BCUT2D eigenvalue weighted by Gasteiger charge is -2.11. The average molecular weight is 197 g/mol. The summed E-state index contributed by atoms with van der Waals surface area (Å²) in [5.74, 6) is 6.43. The second-order valence-corrected chi connectivity index (χ2v) is 2.77. The van der Waals surface area contributed by atoms with Gasteiger partial charge >= 0.3 is 0 Å². The van der Waals surface area contributed by atoms with E-state index in [2.05, 4.69) is 4.84 Å². The molecule has 0 amide bonds. The molecule has 1 aromatic carbocycles. The predicted octanol–water partition coefficient (Wildman–Crippen LogP) is 1.14. The van der Waals surface area contributed by atoms with Gasteiger partial charge in [0.1, 0.15) is 0 Å². The molecule has 0 aliphatic carbocycles. The molecular formula is C10H15NO3. The largest absolute Gasteiger partial charge is 0.493 e. The topological polar surface area (TPSA) is 53.7 Å². The summed E-state index contributed by atoms with van der Waals surface area (Å²) in [6.07, 6.45) is 0.705. The Morgan fingerprint density at radius 1 is 1.21 bits per heavy atom. The number of hydrogen-bond donors (Lipinski definition) is 1. The summed E-state index contributed by atoms with van der Waals surface area (Å²) in [5.41, 5.74) is 1.03. The van der Waals surface area contributed by atoms with Crippen LogP contribution in [0.3, 0.4) is 0 Å². The molecule has 0 saturated carbocycles. The lowest BCUT2D eigenvalue weighted by Crippen LogP contribution is -2.05. The lowest BCUT2D eigenvalue weighted by atomic mass is 10.1. The zero-order chi connectivity index (χ0) is 10.4. The van der Waals surface area contributed by atoms with Crippen LogP contribution in [-0.4, -0.2) is 20.8 Å². The van der Waals surface area contributed by atoms with Gasteiger partial charge in [-0.2, -0.15) is 0 Å². The standard InChI is InChI=1S/C10H15NO3/c1-12-9-5-3-4-8(6-7-14-11)10(9)13-2/h3-5H,6-7,11H2,1-2H3. The van der Waals surface area contributed by atoms with Crippen molar-refractivity contribution in [3.8, 4) is 11.5 Å². The van der Waals surface area contributed by atoms with E-state index in [1.54, 1.807) is 14.2 Å². The van der Waals surface area contributed by atoms with Gasteiger partial charge in [0.25, 0.3) is 0 Å². The molecule has 0 saturated heterocycles. The van der Waals surface area contributed by atoms with E-state index in [9.17, 15) is 0 Å². The zero-order valence-electron chi connectivity index (χ0n) is 8.45. The Bertz CT molecular complexity index is 289. The summed E-state index contributed by atoms with van der Waals surface area (Å²) in [7, 11) is 3.23. The van der Waals surface area contributed by atoms with Gasteiger partial charge in [0.15, 0.2) is 11.5 Å². The molecule has 0 aromatic heterocycles. The van der Waals surface area contributed by atoms with Crippen LogP contribution in [0.2, 0.25) is 0 Å². The first-order chi connectivity index (χ1) is 6.83. The molecule has 0 unspecified atom stereocenters. The molecule has 0 fully saturated rings. The van der Waals surface area contributed by atoms with Crippen molar-refractivity contribution in [1.29, 1.82) is 0 Å². The lowest BCUT2D eigenvalue weighted by molar-refractivity contribution is 0.140. The van der Waals surface area contributed by atoms with Crippen molar-refractivity contribution in [1.82, 2.24) is 0 Å². The third-order valence-electron chi connectivity index (χ3n) is 1.97. The van der Waals surface area contributed by atoms with Gasteiger partial charge in [-0.05, 0) is 6.07 Å². The quantitative estimate of drug-likeness (QED) is 0.719. The number of benzene rings is 1. The molecule has 1 aromatic rings. The first-order valence-corrected chi connectivity index (χ1v) is 4.35. The van der Waals surface area contributed by atoms with Crippen LogP contribution in [-0.2, 0) is 11.3 Å². The predicted molar refractivity (Wildman–Crippen MR) is 53.4 cm³/mol. The van der Waals surface area contributed by atoms with E-state index in [1.807, 2.05) is 18.2 Å². The molecular weight excluding hydrogens is 182 g/mol. The van der Waals surface area contributed by atoms with Gasteiger partial charge in [0.2, 0.25) is 0 Å². The van der Waals surface area contributed by atoms with Crippen molar-refractivity contribution in [2.24, 2.45) is 5.90 Å². The minimum Gasteiger partial charge on any atom is -0.493 e. The van der Waals surface area contributed by atoms with Gasteiger partial charge in [-0.1, -0.05) is 12.1 Å². The Labute approximate surface area is 83.5 Å². The average Bonchev–Trinajstić information content (AvgIpc) is 2.25. The summed E-state index contributed by atoms with van der Waals surface area (Å²) in [5, 5.41) is 0. The molecule has 78 valence electrons. The van der Waals surface area contributed by atoms with E-state index in [0.717, 1.165) is 17.1 Å². The van der Waals surface area contributed by atoms with Crippen molar-refractivity contribution < 1.29 is 14.3 Å². The number of hydrogen-bond acceptors (Lipinski definition) is 4. The second kappa shape index (κ2) is 5.47. The molecule has 2 N–H and O–H groups in total. The number of ether oxygens (including phenoxy) is 2. The minimum atomic E-state index is 0.462. The minimum absolute atomic E-state index is 0.462. The smallest absolute Gasteiger partial charge is 0.163 e. The zero-order valence-corrected chi connectivity index (χ0v) is 8.45. The number of methoxy groups -OCH3 is 2. The van der Waals surface area contributed by atoms with Crippen molar-refractivity contribution in [2.45, 2.75) is 6.42 Å². The molecule has 0 atom stereocenters. The third-order valence-corrected chi connectivity index (χ3v) is 1.97. The molecule has 4 nitrogen and oxygen atoms in total. The van der Waals surface area contributed by atoms with Crippen LogP contribution in [0.15, 0.2) is 18.2 Å². The van der Waals surface area contributed by atoms with Crippen LogP contribution in [0.4, 0.5) is 0 Å². The first kappa shape index (κ1) is 10.8. The van der Waals surface area contributed by atoms with Crippen molar-refractivity contribution in [3.63, 3.8) is 0 Å². The van der Waals surface area contributed by atoms with Crippen LogP contribution in [0, 0.1) is 0 Å². The van der Waals surface area contributed by atoms with Crippen LogP contribution in [0.25, 0.3) is 0 Å². The van der Waals surface area contributed by atoms with E-state index < -0.39 is 0 Å². The number of para-hydroxylation sites is 1. The molecule has 0 heterocycles. The van der Waals surface area contributed by atoms with Crippen molar-refractivity contribution >= 4 is 0 Å². The summed E-state index contributed by atoms with van der Waals surface area (Å²) < 4.78 is 10.4.